The fourth-order valence-corrected chi connectivity index (χ4v) is 4.25. The second-order valence-corrected chi connectivity index (χ2v) is 7.10. The highest BCUT2D eigenvalue weighted by molar-refractivity contribution is 7.99. The Bertz CT molecular complexity index is 390. The van der Waals surface area contributed by atoms with E-state index in [0.717, 1.165) is 11.7 Å². The smallest absolute Gasteiger partial charge is 0.0490 e. The van der Waals surface area contributed by atoms with Crippen LogP contribution in [0, 0.1) is 11.8 Å². The number of hydrogen-bond acceptors (Lipinski definition) is 3. The number of thioether (sulfide) groups is 1. The summed E-state index contributed by atoms with van der Waals surface area (Å²) in [6, 6.07) is 9.28. The first kappa shape index (κ1) is 15.9. The van der Waals surface area contributed by atoms with Crippen molar-refractivity contribution in [1.82, 2.24) is 5.43 Å². The molecule has 3 heteroatoms. The van der Waals surface area contributed by atoms with Crippen LogP contribution in [-0.4, -0.2) is 5.75 Å². The van der Waals surface area contributed by atoms with E-state index < -0.39 is 0 Å². The molecule has 3 N–H and O–H groups in total. The Morgan fingerprint density at radius 2 is 1.90 bits per heavy atom. The van der Waals surface area contributed by atoms with E-state index in [1.165, 1.54) is 42.6 Å². The van der Waals surface area contributed by atoms with Crippen molar-refractivity contribution in [3.05, 3.63) is 29.8 Å². The molecule has 2 nitrogen and oxygen atoms in total. The molecule has 0 aliphatic heterocycles. The zero-order valence-electron chi connectivity index (χ0n) is 12.8. The Kier molecular flexibility index (Phi) is 6.40. The van der Waals surface area contributed by atoms with Crippen LogP contribution >= 0.6 is 11.8 Å². The van der Waals surface area contributed by atoms with Gasteiger partial charge in [-0.25, -0.2) is 0 Å². The molecular formula is C17H28N2S. The topological polar surface area (TPSA) is 38.0 Å². The van der Waals surface area contributed by atoms with Crippen molar-refractivity contribution < 1.29 is 0 Å². The molecular weight excluding hydrogens is 264 g/mol. The van der Waals surface area contributed by atoms with Gasteiger partial charge >= 0.3 is 0 Å². The first-order valence-electron chi connectivity index (χ1n) is 7.99. The summed E-state index contributed by atoms with van der Waals surface area (Å²) in [5.41, 5.74) is 4.44. The van der Waals surface area contributed by atoms with E-state index in [9.17, 15) is 0 Å². The van der Waals surface area contributed by atoms with Crippen molar-refractivity contribution in [3.63, 3.8) is 0 Å². The summed E-state index contributed by atoms with van der Waals surface area (Å²) < 4.78 is 0. The van der Waals surface area contributed by atoms with E-state index in [4.69, 9.17) is 5.84 Å². The summed E-state index contributed by atoms with van der Waals surface area (Å²) in [4.78, 5) is 1.35. The number of benzene rings is 1. The first-order chi connectivity index (χ1) is 9.80. The summed E-state index contributed by atoms with van der Waals surface area (Å²) in [7, 11) is 0. The lowest BCUT2D eigenvalue weighted by molar-refractivity contribution is 0.176. The lowest BCUT2D eigenvalue weighted by Gasteiger charge is -2.36. The maximum atomic E-state index is 5.89. The summed E-state index contributed by atoms with van der Waals surface area (Å²) in [6.07, 6.45) is 6.68. The third-order valence-corrected chi connectivity index (χ3v) is 5.54. The number of nitrogens with one attached hydrogen (secondary N) is 1. The first-order valence-corrected chi connectivity index (χ1v) is 8.97. The molecule has 0 bridgehead atoms. The fraction of sp³-hybridized carbons (Fsp3) is 0.647. The van der Waals surface area contributed by atoms with Crippen LogP contribution in [0.15, 0.2) is 29.2 Å². The van der Waals surface area contributed by atoms with Crippen molar-refractivity contribution in [3.8, 4) is 0 Å². The van der Waals surface area contributed by atoms with Gasteiger partial charge in [0.25, 0.3) is 0 Å². The average Bonchev–Trinajstić information content (AvgIpc) is 2.50. The predicted molar refractivity (Wildman–Crippen MR) is 88.6 cm³/mol. The number of nitrogens with two attached hydrogens (primary N) is 1. The molecule has 0 aromatic heterocycles. The van der Waals surface area contributed by atoms with E-state index in [1.807, 2.05) is 11.8 Å². The Morgan fingerprint density at radius 3 is 2.50 bits per heavy atom. The minimum atomic E-state index is 0.306. The van der Waals surface area contributed by atoms with Crippen molar-refractivity contribution in [2.24, 2.45) is 17.7 Å². The van der Waals surface area contributed by atoms with Crippen LogP contribution in [0.25, 0.3) is 0 Å². The molecule has 1 aliphatic rings. The third-order valence-electron chi connectivity index (χ3n) is 4.65. The van der Waals surface area contributed by atoms with Gasteiger partial charge in [-0.3, -0.25) is 11.3 Å². The van der Waals surface area contributed by atoms with Gasteiger partial charge in [-0.05, 0) is 41.7 Å². The highest BCUT2D eigenvalue weighted by Crippen LogP contribution is 2.40. The minimum Gasteiger partial charge on any atom is -0.271 e. The number of rotatable bonds is 6. The molecule has 0 radical (unpaired) electrons. The van der Waals surface area contributed by atoms with E-state index in [1.54, 1.807) is 0 Å². The molecule has 20 heavy (non-hydrogen) atoms. The standard InChI is InChI=1S/C17H28N2S/c1-3-13-7-5-6-8-16(13)17(19-18)14-9-11-15(12-10-14)20-4-2/h9-13,16-17,19H,3-8,18H2,1-2H3. The van der Waals surface area contributed by atoms with Gasteiger partial charge in [-0.1, -0.05) is 51.7 Å². The molecule has 3 atom stereocenters. The number of hydrogen-bond donors (Lipinski definition) is 2. The SMILES string of the molecule is CCSc1ccc(C(NN)C2CCCCC2CC)cc1. The lowest BCUT2D eigenvalue weighted by atomic mass is 9.72. The Hall–Kier alpha value is -0.510. The van der Waals surface area contributed by atoms with Crippen molar-refractivity contribution in [2.75, 3.05) is 5.75 Å². The van der Waals surface area contributed by atoms with Gasteiger partial charge in [-0.15, -0.1) is 11.8 Å². The Balaban J connectivity index is 2.13. The third kappa shape index (κ3) is 3.78. The molecule has 1 aromatic carbocycles. The zero-order chi connectivity index (χ0) is 14.4. The van der Waals surface area contributed by atoms with Gasteiger partial charge in [0.1, 0.15) is 0 Å². The molecule has 0 heterocycles. The van der Waals surface area contributed by atoms with E-state index >= 15 is 0 Å². The van der Waals surface area contributed by atoms with Crippen molar-refractivity contribution in [1.29, 1.82) is 0 Å². The molecule has 0 amide bonds. The van der Waals surface area contributed by atoms with Gasteiger partial charge in [0.2, 0.25) is 0 Å². The fourth-order valence-electron chi connectivity index (χ4n) is 3.59. The van der Waals surface area contributed by atoms with E-state index in [0.29, 0.717) is 12.0 Å². The lowest BCUT2D eigenvalue weighted by Crippen LogP contribution is -2.38. The highest BCUT2D eigenvalue weighted by atomic mass is 32.2. The minimum absolute atomic E-state index is 0.306. The van der Waals surface area contributed by atoms with Crippen LogP contribution in [0.2, 0.25) is 0 Å². The normalized spacial score (nSPS) is 24.6. The van der Waals surface area contributed by atoms with Gasteiger partial charge in [-0.2, -0.15) is 0 Å². The second-order valence-electron chi connectivity index (χ2n) is 5.76. The maximum Gasteiger partial charge on any atom is 0.0490 e. The zero-order valence-corrected chi connectivity index (χ0v) is 13.6. The van der Waals surface area contributed by atoms with E-state index in [-0.39, 0.29) is 0 Å². The largest absolute Gasteiger partial charge is 0.271 e. The predicted octanol–water partition coefficient (Wildman–Crippen LogP) is 4.52. The molecule has 2 rings (SSSR count). The Morgan fingerprint density at radius 1 is 1.20 bits per heavy atom. The van der Waals surface area contributed by atoms with Crippen LogP contribution in [-0.2, 0) is 0 Å². The second kappa shape index (κ2) is 8.06. The molecule has 1 aliphatic carbocycles. The van der Waals surface area contributed by atoms with Gasteiger partial charge in [0.05, 0.1) is 0 Å². The maximum absolute atomic E-state index is 5.89. The van der Waals surface area contributed by atoms with Crippen LogP contribution in [0.4, 0.5) is 0 Å². The number of hydrazine groups is 1. The van der Waals surface area contributed by atoms with Crippen molar-refractivity contribution in [2.45, 2.75) is 56.9 Å². The highest BCUT2D eigenvalue weighted by Gasteiger charge is 2.31. The van der Waals surface area contributed by atoms with Crippen LogP contribution in [0.3, 0.4) is 0 Å². The summed E-state index contributed by atoms with van der Waals surface area (Å²) in [6.45, 7) is 4.51. The molecule has 112 valence electrons. The van der Waals surface area contributed by atoms with Crippen molar-refractivity contribution >= 4 is 11.8 Å². The van der Waals surface area contributed by atoms with E-state index in [2.05, 4.69) is 43.5 Å². The van der Waals surface area contributed by atoms with Crippen LogP contribution in [0.5, 0.6) is 0 Å². The van der Waals surface area contributed by atoms with Gasteiger partial charge in [0, 0.05) is 10.9 Å². The van der Waals surface area contributed by atoms with Gasteiger partial charge in [0.15, 0.2) is 0 Å². The quantitative estimate of drug-likeness (QED) is 0.460. The molecule has 1 fully saturated rings. The molecule has 0 spiro atoms. The molecule has 1 aromatic rings. The molecule has 0 saturated heterocycles. The molecule has 1 saturated carbocycles. The van der Waals surface area contributed by atoms with Crippen LogP contribution < -0.4 is 11.3 Å². The summed E-state index contributed by atoms with van der Waals surface area (Å²) in [5.74, 6) is 8.52. The van der Waals surface area contributed by atoms with Crippen LogP contribution in [0.1, 0.15) is 57.6 Å². The monoisotopic (exact) mass is 292 g/mol. The average molecular weight is 292 g/mol. The summed E-state index contributed by atoms with van der Waals surface area (Å²) in [5, 5.41) is 0. The molecule has 3 unspecified atom stereocenters. The Labute approximate surface area is 127 Å². The summed E-state index contributed by atoms with van der Waals surface area (Å²) >= 11 is 1.89. The van der Waals surface area contributed by atoms with Gasteiger partial charge < -0.3 is 0 Å².